The van der Waals surface area contributed by atoms with Crippen LogP contribution in [0.1, 0.15) is 43.2 Å². The SMILES string of the molecule is Cn1c(=O)n(C2CCC(=O)NC2=O)c2ccc(C3CCNCC3)c(Cl)c21. The summed E-state index contributed by atoms with van der Waals surface area (Å²) in [5.74, 6) is -0.373. The van der Waals surface area contributed by atoms with E-state index in [1.54, 1.807) is 7.05 Å². The quantitative estimate of drug-likeness (QED) is 0.777. The van der Waals surface area contributed by atoms with Gasteiger partial charge >= 0.3 is 5.69 Å². The van der Waals surface area contributed by atoms with Crippen molar-refractivity contribution < 1.29 is 9.59 Å². The van der Waals surface area contributed by atoms with E-state index in [0.717, 1.165) is 31.5 Å². The zero-order chi connectivity index (χ0) is 18.4. The second-order valence-corrected chi connectivity index (χ2v) is 7.42. The summed E-state index contributed by atoms with van der Waals surface area (Å²) in [6.45, 7) is 1.91. The zero-order valence-electron chi connectivity index (χ0n) is 14.5. The summed E-state index contributed by atoms with van der Waals surface area (Å²) in [7, 11) is 1.67. The molecule has 3 heterocycles. The van der Waals surface area contributed by atoms with Crippen LogP contribution in [-0.2, 0) is 16.6 Å². The van der Waals surface area contributed by atoms with Crippen molar-refractivity contribution in [2.24, 2.45) is 7.05 Å². The van der Waals surface area contributed by atoms with Crippen molar-refractivity contribution in [1.29, 1.82) is 0 Å². The fraction of sp³-hybridized carbons (Fsp3) is 0.500. The monoisotopic (exact) mass is 376 g/mol. The van der Waals surface area contributed by atoms with E-state index >= 15 is 0 Å². The predicted molar refractivity (Wildman–Crippen MR) is 98.5 cm³/mol. The van der Waals surface area contributed by atoms with Crippen LogP contribution in [0.25, 0.3) is 11.0 Å². The van der Waals surface area contributed by atoms with Crippen molar-refractivity contribution >= 4 is 34.4 Å². The summed E-state index contributed by atoms with van der Waals surface area (Å²) in [4.78, 5) is 36.5. The Hall–Kier alpha value is -2.12. The van der Waals surface area contributed by atoms with Gasteiger partial charge in [-0.1, -0.05) is 17.7 Å². The van der Waals surface area contributed by atoms with Crippen LogP contribution in [0.5, 0.6) is 0 Å². The average molecular weight is 377 g/mol. The van der Waals surface area contributed by atoms with Gasteiger partial charge in [-0.2, -0.15) is 0 Å². The van der Waals surface area contributed by atoms with Crippen LogP contribution in [0.3, 0.4) is 0 Å². The first-order valence-corrected chi connectivity index (χ1v) is 9.30. The largest absolute Gasteiger partial charge is 0.329 e. The van der Waals surface area contributed by atoms with Crippen molar-refractivity contribution in [3.05, 3.63) is 33.2 Å². The minimum Gasteiger partial charge on any atom is -0.317 e. The van der Waals surface area contributed by atoms with Gasteiger partial charge in [-0.3, -0.25) is 24.0 Å². The summed E-state index contributed by atoms with van der Waals surface area (Å²) in [6, 6.07) is 3.16. The van der Waals surface area contributed by atoms with Crippen LogP contribution < -0.4 is 16.3 Å². The lowest BCUT2D eigenvalue weighted by Gasteiger charge is -2.24. The molecule has 2 N–H and O–H groups in total. The molecule has 1 aromatic carbocycles. The third-order valence-corrected chi connectivity index (χ3v) is 5.91. The summed E-state index contributed by atoms with van der Waals surface area (Å²) in [5, 5.41) is 6.25. The number of rotatable bonds is 2. The number of piperidine rings is 2. The molecule has 0 spiro atoms. The number of aryl methyl sites for hydroxylation is 1. The molecule has 1 atom stereocenters. The molecule has 0 bridgehead atoms. The number of carbonyl (C=O) groups excluding carboxylic acids is 2. The molecule has 2 aromatic rings. The van der Waals surface area contributed by atoms with Crippen LogP contribution in [0.2, 0.25) is 5.02 Å². The number of imidazole rings is 1. The molecule has 0 radical (unpaired) electrons. The van der Waals surface area contributed by atoms with Gasteiger partial charge in [0.25, 0.3) is 0 Å². The molecule has 2 fully saturated rings. The summed E-state index contributed by atoms with van der Waals surface area (Å²) < 4.78 is 2.97. The van der Waals surface area contributed by atoms with Crippen LogP contribution >= 0.6 is 11.6 Å². The predicted octanol–water partition coefficient (Wildman–Crippen LogP) is 1.44. The Bertz CT molecular complexity index is 955. The highest BCUT2D eigenvalue weighted by Crippen LogP contribution is 2.36. The third kappa shape index (κ3) is 2.66. The Morgan fingerprint density at radius 2 is 1.85 bits per heavy atom. The van der Waals surface area contributed by atoms with Crippen LogP contribution in [-0.4, -0.2) is 34.0 Å². The maximum absolute atomic E-state index is 12.8. The van der Waals surface area contributed by atoms with E-state index in [4.69, 9.17) is 11.6 Å². The maximum atomic E-state index is 12.8. The Balaban J connectivity index is 1.85. The fourth-order valence-corrected chi connectivity index (χ4v) is 4.56. The number of halogens is 1. The van der Waals surface area contributed by atoms with Crippen molar-refractivity contribution in [1.82, 2.24) is 19.8 Å². The summed E-state index contributed by atoms with van der Waals surface area (Å²) in [5.41, 5.74) is 2.04. The Morgan fingerprint density at radius 1 is 1.12 bits per heavy atom. The molecule has 4 rings (SSSR count). The first kappa shape index (κ1) is 17.3. The fourth-order valence-electron chi connectivity index (χ4n) is 4.12. The van der Waals surface area contributed by atoms with E-state index in [1.165, 1.54) is 9.13 Å². The molecule has 0 aliphatic carbocycles. The third-order valence-electron chi connectivity index (χ3n) is 5.51. The highest BCUT2D eigenvalue weighted by atomic mass is 35.5. The molecule has 1 aromatic heterocycles. The molecule has 2 saturated heterocycles. The molecule has 2 aliphatic rings. The number of hydrogen-bond acceptors (Lipinski definition) is 4. The molecule has 0 saturated carbocycles. The van der Waals surface area contributed by atoms with Crippen LogP contribution in [0.15, 0.2) is 16.9 Å². The van der Waals surface area contributed by atoms with Crippen LogP contribution in [0.4, 0.5) is 0 Å². The van der Waals surface area contributed by atoms with Gasteiger partial charge in [-0.25, -0.2) is 4.79 Å². The number of amides is 2. The van der Waals surface area contributed by atoms with Gasteiger partial charge in [0.05, 0.1) is 16.1 Å². The Morgan fingerprint density at radius 3 is 2.54 bits per heavy atom. The van der Waals surface area contributed by atoms with Crippen molar-refractivity contribution in [2.75, 3.05) is 13.1 Å². The first-order valence-electron chi connectivity index (χ1n) is 8.92. The van der Waals surface area contributed by atoms with Gasteiger partial charge in [-0.05, 0) is 49.9 Å². The molecular weight excluding hydrogens is 356 g/mol. The average Bonchev–Trinajstić information content (AvgIpc) is 2.88. The lowest BCUT2D eigenvalue weighted by Crippen LogP contribution is -2.44. The normalized spacial score (nSPS) is 22.0. The lowest BCUT2D eigenvalue weighted by atomic mass is 9.90. The molecule has 7 nitrogen and oxygen atoms in total. The van der Waals surface area contributed by atoms with Gasteiger partial charge in [0.1, 0.15) is 6.04 Å². The summed E-state index contributed by atoms with van der Waals surface area (Å²) in [6.07, 6.45) is 2.55. The van der Waals surface area contributed by atoms with E-state index in [0.29, 0.717) is 28.4 Å². The van der Waals surface area contributed by atoms with Crippen LogP contribution in [0, 0.1) is 0 Å². The van der Waals surface area contributed by atoms with E-state index in [1.807, 2.05) is 12.1 Å². The molecule has 8 heteroatoms. The highest BCUT2D eigenvalue weighted by Gasteiger charge is 2.32. The number of nitrogens with zero attached hydrogens (tertiary/aromatic N) is 2. The molecule has 2 amide bonds. The molecule has 26 heavy (non-hydrogen) atoms. The minimum atomic E-state index is -0.690. The number of imide groups is 1. The zero-order valence-corrected chi connectivity index (χ0v) is 15.3. The molecule has 2 aliphatic heterocycles. The number of aromatic nitrogens is 2. The lowest BCUT2D eigenvalue weighted by molar-refractivity contribution is -0.135. The molecule has 1 unspecified atom stereocenters. The number of carbonyl (C=O) groups is 2. The van der Waals surface area contributed by atoms with Crippen molar-refractivity contribution in [3.8, 4) is 0 Å². The maximum Gasteiger partial charge on any atom is 0.329 e. The van der Waals surface area contributed by atoms with Gasteiger partial charge < -0.3 is 5.32 Å². The van der Waals surface area contributed by atoms with Gasteiger partial charge in [0.15, 0.2) is 0 Å². The molecular formula is C18H21ClN4O3. The first-order chi connectivity index (χ1) is 12.5. The second kappa shape index (κ2) is 6.55. The van der Waals surface area contributed by atoms with Gasteiger partial charge in [0, 0.05) is 13.5 Å². The van der Waals surface area contributed by atoms with E-state index < -0.39 is 11.9 Å². The van der Waals surface area contributed by atoms with E-state index in [2.05, 4.69) is 10.6 Å². The Kier molecular flexibility index (Phi) is 4.36. The number of nitrogens with one attached hydrogen (secondary N) is 2. The Labute approximate surface area is 155 Å². The minimum absolute atomic E-state index is 0.222. The highest BCUT2D eigenvalue weighted by molar-refractivity contribution is 6.36. The second-order valence-electron chi connectivity index (χ2n) is 7.04. The summed E-state index contributed by atoms with van der Waals surface area (Å²) >= 11 is 6.72. The smallest absolute Gasteiger partial charge is 0.317 e. The van der Waals surface area contributed by atoms with Gasteiger partial charge in [0.2, 0.25) is 11.8 Å². The standard InChI is InChI=1S/C18H21ClN4O3/c1-22-16-12(3-2-11(15(16)19)10-6-8-20-9-7-10)23(18(22)26)13-4-5-14(24)21-17(13)25/h2-3,10,13,20H,4-9H2,1H3,(H,21,24,25). The topological polar surface area (TPSA) is 85.1 Å². The number of benzene rings is 1. The van der Waals surface area contributed by atoms with Crippen molar-refractivity contribution in [3.63, 3.8) is 0 Å². The van der Waals surface area contributed by atoms with Crippen molar-refractivity contribution in [2.45, 2.75) is 37.6 Å². The van der Waals surface area contributed by atoms with Gasteiger partial charge in [-0.15, -0.1) is 0 Å². The number of fused-ring (bicyclic) bond motifs is 1. The van der Waals surface area contributed by atoms with E-state index in [9.17, 15) is 14.4 Å². The molecule has 138 valence electrons. The van der Waals surface area contributed by atoms with E-state index in [-0.39, 0.29) is 18.0 Å². The number of hydrogen-bond donors (Lipinski definition) is 2.